The van der Waals surface area contributed by atoms with E-state index in [-0.39, 0.29) is 11.3 Å². The first kappa shape index (κ1) is 11.9. The average Bonchev–Trinajstić information content (AvgIpc) is 2.15. The molecule has 0 aliphatic carbocycles. The molecule has 1 N–H and O–H groups in total. The molecule has 0 heterocycles. The normalized spacial score (nSPS) is 11.6. The van der Waals surface area contributed by atoms with Crippen LogP contribution in [0.15, 0.2) is 12.1 Å². The van der Waals surface area contributed by atoms with Gasteiger partial charge in [-0.2, -0.15) is 8.78 Å². The van der Waals surface area contributed by atoms with Crippen LogP contribution in [0.4, 0.5) is 8.78 Å². The second kappa shape index (κ2) is 4.14. The minimum atomic E-state index is -3.26. The molecule has 0 amide bonds. The number of halogens is 2. The van der Waals surface area contributed by atoms with Crippen LogP contribution in [0, 0.1) is 13.8 Å². The highest BCUT2D eigenvalue weighted by Gasteiger charge is 2.35. The molecule has 0 atom stereocenters. The fourth-order valence-electron chi connectivity index (χ4n) is 1.64. The minimum Gasteiger partial charge on any atom is -0.496 e. The Morgan fingerprint density at radius 1 is 1.33 bits per heavy atom. The van der Waals surface area contributed by atoms with Gasteiger partial charge in [0, 0.05) is 0 Å². The van der Waals surface area contributed by atoms with Crippen LogP contribution >= 0.6 is 0 Å². The zero-order valence-corrected chi connectivity index (χ0v) is 8.97. The van der Waals surface area contributed by atoms with Gasteiger partial charge < -0.3 is 9.84 Å². The molecule has 0 aliphatic rings. The Labute approximate surface area is 87.5 Å². The van der Waals surface area contributed by atoms with Crippen molar-refractivity contribution in [3.05, 3.63) is 28.8 Å². The molecule has 2 nitrogen and oxygen atoms in total. The monoisotopic (exact) mass is 216 g/mol. The molecule has 0 aromatic heterocycles. The highest BCUT2D eigenvalue weighted by Crippen LogP contribution is 2.37. The summed E-state index contributed by atoms with van der Waals surface area (Å²) in [5.74, 6) is -3.14. The molecule has 0 unspecified atom stereocenters. The predicted octanol–water partition coefficient (Wildman–Crippen LogP) is 2.40. The maximum Gasteiger partial charge on any atom is 0.299 e. The Bertz CT molecular complexity index is 362. The fraction of sp³-hybridized carbons (Fsp3) is 0.455. The van der Waals surface area contributed by atoms with Gasteiger partial charge in [-0.3, -0.25) is 0 Å². The summed E-state index contributed by atoms with van der Waals surface area (Å²) in [6.45, 7) is 2.16. The van der Waals surface area contributed by atoms with Crippen molar-refractivity contribution >= 4 is 0 Å². The Hall–Kier alpha value is -1.16. The largest absolute Gasteiger partial charge is 0.496 e. The van der Waals surface area contributed by atoms with Crippen molar-refractivity contribution in [2.75, 3.05) is 13.7 Å². The van der Waals surface area contributed by atoms with Crippen LogP contribution in [0.25, 0.3) is 0 Å². The molecule has 1 aromatic rings. The van der Waals surface area contributed by atoms with Crippen LogP contribution in [-0.4, -0.2) is 18.8 Å². The molecule has 0 spiro atoms. The third kappa shape index (κ3) is 2.26. The summed E-state index contributed by atoms with van der Waals surface area (Å²) in [6, 6.07) is 3.17. The fourth-order valence-corrected chi connectivity index (χ4v) is 1.64. The number of benzene rings is 1. The number of methoxy groups -OCH3 is 1. The van der Waals surface area contributed by atoms with Gasteiger partial charge >= 0.3 is 0 Å². The van der Waals surface area contributed by atoms with Gasteiger partial charge in [-0.05, 0) is 31.0 Å². The third-order valence-corrected chi connectivity index (χ3v) is 2.23. The van der Waals surface area contributed by atoms with Gasteiger partial charge in [0.2, 0.25) is 0 Å². The maximum absolute atomic E-state index is 13.4. The second-order valence-electron chi connectivity index (χ2n) is 3.52. The van der Waals surface area contributed by atoms with E-state index in [4.69, 9.17) is 9.84 Å². The van der Waals surface area contributed by atoms with Crippen molar-refractivity contribution in [1.29, 1.82) is 0 Å². The number of ether oxygens (including phenoxy) is 1. The third-order valence-electron chi connectivity index (χ3n) is 2.23. The summed E-state index contributed by atoms with van der Waals surface area (Å²) in [5.41, 5.74) is 1.03. The molecular weight excluding hydrogens is 202 g/mol. The van der Waals surface area contributed by atoms with Crippen molar-refractivity contribution < 1.29 is 18.6 Å². The van der Waals surface area contributed by atoms with Crippen LogP contribution in [0.1, 0.15) is 16.7 Å². The average molecular weight is 216 g/mol. The Morgan fingerprint density at radius 2 is 1.93 bits per heavy atom. The number of hydrogen-bond donors (Lipinski definition) is 1. The smallest absolute Gasteiger partial charge is 0.299 e. The SMILES string of the molecule is COc1cc(C)cc(C)c1C(F)(F)CO. The highest BCUT2D eigenvalue weighted by atomic mass is 19.3. The molecule has 1 aromatic carbocycles. The first-order valence-electron chi connectivity index (χ1n) is 4.56. The van der Waals surface area contributed by atoms with E-state index in [9.17, 15) is 8.78 Å². The molecule has 0 radical (unpaired) electrons. The van der Waals surface area contributed by atoms with Crippen molar-refractivity contribution in [2.45, 2.75) is 19.8 Å². The van der Waals surface area contributed by atoms with Crippen molar-refractivity contribution in [1.82, 2.24) is 0 Å². The van der Waals surface area contributed by atoms with Gasteiger partial charge in [0.25, 0.3) is 5.92 Å². The summed E-state index contributed by atoms with van der Waals surface area (Å²) in [5, 5.41) is 8.66. The van der Waals surface area contributed by atoms with E-state index in [2.05, 4.69) is 0 Å². The van der Waals surface area contributed by atoms with Crippen molar-refractivity contribution in [3.63, 3.8) is 0 Å². The highest BCUT2D eigenvalue weighted by molar-refractivity contribution is 5.45. The molecule has 84 valence electrons. The lowest BCUT2D eigenvalue weighted by Gasteiger charge is -2.20. The van der Waals surface area contributed by atoms with Gasteiger partial charge in [0.05, 0.1) is 12.7 Å². The first-order chi connectivity index (χ1) is 6.92. The van der Waals surface area contributed by atoms with Gasteiger partial charge in [0.1, 0.15) is 12.4 Å². The molecular formula is C11H14F2O2. The number of rotatable bonds is 3. The van der Waals surface area contributed by atoms with Gasteiger partial charge in [0.15, 0.2) is 0 Å². The van der Waals surface area contributed by atoms with Crippen LogP contribution in [0.5, 0.6) is 5.75 Å². The molecule has 0 saturated heterocycles. The summed E-state index contributed by atoms with van der Waals surface area (Å²) < 4.78 is 31.7. The number of aliphatic hydroxyl groups excluding tert-OH is 1. The molecule has 4 heteroatoms. The standard InChI is InChI=1S/C11H14F2O2/c1-7-4-8(2)10(9(5-7)15-3)11(12,13)6-14/h4-5,14H,6H2,1-3H3. The Morgan fingerprint density at radius 3 is 2.40 bits per heavy atom. The lowest BCUT2D eigenvalue weighted by Crippen LogP contribution is -2.21. The van der Waals surface area contributed by atoms with E-state index >= 15 is 0 Å². The zero-order valence-electron chi connectivity index (χ0n) is 8.97. The molecule has 0 bridgehead atoms. The van der Waals surface area contributed by atoms with Crippen LogP contribution < -0.4 is 4.74 Å². The van der Waals surface area contributed by atoms with Crippen molar-refractivity contribution in [3.8, 4) is 5.75 Å². The van der Waals surface area contributed by atoms with Crippen LogP contribution in [0.2, 0.25) is 0 Å². The van der Waals surface area contributed by atoms with E-state index in [1.807, 2.05) is 0 Å². The lowest BCUT2D eigenvalue weighted by atomic mass is 9.99. The van der Waals surface area contributed by atoms with Gasteiger partial charge in [-0.1, -0.05) is 6.07 Å². The van der Waals surface area contributed by atoms with E-state index in [0.717, 1.165) is 5.56 Å². The Kier molecular flexibility index (Phi) is 3.29. The van der Waals surface area contributed by atoms with Crippen LogP contribution in [0.3, 0.4) is 0 Å². The molecule has 0 fully saturated rings. The summed E-state index contributed by atoms with van der Waals surface area (Å²) in [4.78, 5) is 0. The second-order valence-corrected chi connectivity index (χ2v) is 3.52. The number of hydrogen-bond acceptors (Lipinski definition) is 2. The molecule has 1 rings (SSSR count). The van der Waals surface area contributed by atoms with E-state index in [1.54, 1.807) is 19.9 Å². The Balaban J connectivity index is 3.39. The van der Waals surface area contributed by atoms with E-state index in [1.165, 1.54) is 13.2 Å². The van der Waals surface area contributed by atoms with Crippen molar-refractivity contribution in [2.24, 2.45) is 0 Å². The quantitative estimate of drug-likeness (QED) is 0.840. The predicted molar refractivity (Wildman–Crippen MR) is 53.4 cm³/mol. The first-order valence-corrected chi connectivity index (χ1v) is 4.56. The topological polar surface area (TPSA) is 29.5 Å². The summed E-state index contributed by atoms with van der Waals surface area (Å²) in [6.07, 6.45) is 0. The van der Waals surface area contributed by atoms with Crippen LogP contribution in [-0.2, 0) is 5.92 Å². The summed E-state index contributed by atoms with van der Waals surface area (Å²) in [7, 11) is 1.34. The molecule has 0 saturated carbocycles. The minimum absolute atomic E-state index is 0.117. The lowest BCUT2D eigenvalue weighted by molar-refractivity contribution is -0.0576. The maximum atomic E-state index is 13.4. The van der Waals surface area contributed by atoms with Gasteiger partial charge in [-0.25, -0.2) is 0 Å². The zero-order chi connectivity index (χ0) is 11.6. The van der Waals surface area contributed by atoms with Gasteiger partial charge in [-0.15, -0.1) is 0 Å². The van der Waals surface area contributed by atoms with E-state index in [0.29, 0.717) is 5.56 Å². The number of aliphatic hydroxyl groups is 1. The van der Waals surface area contributed by atoms with E-state index < -0.39 is 12.5 Å². The number of aryl methyl sites for hydroxylation is 2. The number of alkyl halides is 2. The summed E-state index contributed by atoms with van der Waals surface area (Å²) >= 11 is 0. The molecule has 0 aliphatic heterocycles. The molecule has 15 heavy (non-hydrogen) atoms.